The summed E-state index contributed by atoms with van der Waals surface area (Å²) in [4.78, 5) is 13.7. The van der Waals surface area contributed by atoms with Gasteiger partial charge in [0.2, 0.25) is 0 Å². The van der Waals surface area contributed by atoms with E-state index in [0.29, 0.717) is 5.52 Å². The first-order valence-electron chi connectivity index (χ1n) is 5.11. The zero-order chi connectivity index (χ0) is 11.8. The van der Waals surface area contributed by atoms with Crippen molar-refractivity contribution in [3.05, 3.63) is 48.3 Å². The van der Waals surface area contributed by atoms with Gasteiger partial charge in [0.1, 0.15) is 5.69 Å². The topological polar surface area (TPSA) is 70.9 Å². The molecule has 2 N–H and O–H groups in total. The van der Waals surface area contributed by atoms with E-state index in [2.05, 4.69) is 10.1 Å². The highest BCUT2D eigenvalue weighted by Gasteiger charge is 2.12. The van der Waals surface area contributed by atoms with Gasteiger partial charge in [0, 0.05) is 0 Å². The first kappa shape index (κ1) is 9.65. The van der Waals surface area contributed by atoms with Crippen LogP contribution in [0.2, 0.25) is 0 Å². The Balaban J connectivity index is 2.21. The number of hydrogen-bond acceptors (Lipinski definition) is 2. The van der Waals surface area contributed by atoms with Crippen molar-refractivity contribution < 1.29 is 9.90 Å². The lowest BCUT2D eigenvalue weighted by Crippen LogP contribution is -1.97. The minimum atomic E-state index is -0.971. The van der Waals surface area contributed by atoms with Gasteiger partial charge in [-0.1, -0.05) is 18.2 Å². The van der Waals surface area contributed by atoms with Crippen molar-refractivity contribution in [3.8, 4) is 5.69 Å². The summed E-state index contributed by atoms with van der Waals surface area (Å²) in [6.07, 6.45) is 1.62. The number of nitrogens with zero attached hydrogens (tertiary/aromatic N) is 2. The van der Waals surface area contributed by atoms with Crippen LogP contribution in [0, 0.1) is 0 Å². The van der Waals surface area contributed by atoms with Crippen LogP contribution in [0.4, 0.5) is 0 Å². The van der Waals surface area contributed by atoms with Crippen LogP contribution in [0.1, 0.15) is 10.5 Å². The monoisotopic (exact) mass is 227 g/mol. The number of nitrogens with one attached hydrogen (secondary N) is 1. The number of H-pyrrole nitrogens is 1. The smallest absolute Gasteiger partial charge is 0.352 e. The molecule has 0 amide bonds. The molecule has 5 nitrogen and oxygen atoms in total. The number of carbonyl (C=O) groups is 1. The summed E-state index contributed by atoms with van der Waals surface area (Å²) in [7, 11) is 0. The third-order valence-corrected chi connectivity index (χ3v) is 2.59. The van der Waals surface area contributed by atoms with Crippen LogP contribution < -0.4 is 0 Å². The first-order chi connectivity index (χ1) is 8.25. The summed E-state index contributed by atoms with van der Waals surface area (Å²) in [5, 5.41) is 13.1. The molecule has 3 rings (SSSR count). The van der Waals surface area contributed by atoms with Crippen molar-refractivity contribution in [2.24, 2.45) is 0 Å². The fraction of sp³-hybridized carbons (Fsp3) is 0. The second-order valence-electron chi connectivity index (χ2n) is 3.68. The van der Waals surface area contributed by atoms with Crippen LogP contribution in [0.3, 0.4) is 0 Å². The molecule has 2 heterocycles. The summed E-state index contributed by atoms with van der Waals surface area (Å²) in [5.74, 6) is -0.971. The van der Waals surface area contributed by atoms with Crippen LogP contribution in [-0.4, -0.2) is 25.8 Å². The number of carboxylic acid groups (broad SMARTS) is 1. The second-order valence-corrected chi connectivity index (χ2v) is 3.68. The van der Waals surface area contributed by atoms with Crippen molar-refractivity contribution in [1.82, 2.24) is 14.8 Å². The van der Waals surface area contributed by atoms with Gasteiger partial charge in [-0.2, -0.15) is 5.10 Å². The molecule has 0 spiro atoms. The van der Waals surface area contributed by atoms with E-state index in [1.165, 1.54) is 0 Å². The van der Waals surface area contributed by atoms with Crippen LogP contribution >= 0.6 is 0 Å². The number of aromatic amines is 1. The number of fused-ring (bicyclic) bond motifs is 1. The predicted octanol–water partition coefficient (Wildman–Crippen LogP) is 2.05. The highest BCUT2D eigenvalue weighted by Crippen LogP contribution is 2.18. The molecular weight excluding hydrogens is 218 g/mol. The van der Waals surface area contributed by atoms with Crippen molar-refractivity contribution in [3.63, 3.8) is 0 Å². The van der Waals surface area contributed by atoms with E-state index in [9.17, 15) is 4.79 Å². The minimum absolute atomic E-state index is 0.169. The Morgan fingerprint density at radius 1 is 1.29 bits per heavy atom. The Morgan fingerprint density at radius 3 is 2.76 bits per heavy atom. The maximum absolute atomic E-state index is 10.9. The Morgan fingerprint density at radius 2 is 2.06 bits per heavy atom. The fourth-order valence-electron chi connectivity index (χ4n) is 1.80. The third kappa shape index (κ3) is 1.48. The molecule has 3 aromatic rings. The Bertz CT molecular complexity index is 682. The van der Waals surface area contributed by atoms with Gasteiger partial charge in [0.15, 0.2) is 0 Å². The quantitative estimate of drug-likeness (QED) is 0.703. The van der Waals surface area contributed by atoms with Gasteiger partial charge >= 0.3 is 5.97 Å². The maximum Gasteiger partial charge on any atom is 0.352 e. The number of para-hydroxylation sites is 1. The Labute approximate surface area is 96.3 Å². The van der Waals surface area contributed by atoms with Gasteiger partial charge < -0.3 is 10.1 Å². The van der Waals surface area contributed by atoms with Crippen molar-refractivity contribution >= 4 is 17.0 Å². The molecule has 1 aromatic carbocycles. The molecule has 0 fully saturated rings. The van der Waals surface area contributed by atoms with E-state index in [4.69, 9.17) is 5.11 Å². The zero-order valence-electron chi connectivity index (χ0n) is 8.79. The molecule has 0 aliphatic rings. The lowest BCUT2D eigenvalue weighted by Gasteiger charge is -2.00. The highest BCUT2D eigenvalue weighted by atomic mass is 16.4. The summed E-state index contributed by atoms with van der Waals surface area (Å²) >= 11 is 0. The Hall–Kier alpha value is -2.56. The van der Waals surface area contributed by atoms with Crippen LogP contribution in [0.15, 0.2) is 42.6 Å². The summed E-state index contributed by atoms with van der Waals surface area (Å²) < 4.78 is 1.71. The van der Waals surface area contributed by atoms with Gasteiger partial charge in [0.05, 0.1) is 22.9 Å². The fourth-order valence-corrected chi connectivity index (χ4v) is 1.80. The second kappa shape index (κ2) is 3.48. The SMILES string of the molecule is O=C(O)c1cc2c(cnn2-c2ccccc2)[nH]1. The van der Waals surface area contributed by atoms with Crippen LogP contribution in [0.5, 0.6) is 0 Å². The van der Waals surface area contributed by atoms with Gasteiger partial charge in [-0.15, -0.1) is 0 Å². The number of benzene rings is 1. The minimum Gasteiger partial charge on any atom is -0.477 e. The molecule has 5 heteroatoms. The molecule has 0 radical (unpaired) electrons. The molecule has 17 heavy (non-hydrogen) atoms. The van der Waals surface area contributed by atoms with Crippen LogP contribution in [-0.2, 0) is 0 Å². The summed E-state index contributed by atoms with van der Waals surface area (Å²) in [6, 6.07) is 11.2. The molecule has 2 aromatic heterocycles. The van der Waals surface area contributed by atoms with Crippen molar-refractivity contribution in [1.29, 1.82) is 0 Å². The maximum atomic E-state index is 10.9. The molecular formula is C12H9N3O2. The lowest BCUT2D eigenvalue weighted by molar-refractivity contribution is 0.0691. The van der Waals surface area contributed by atoms with E-state index in [0.717, 1.165) is 11.2 Å². The Kier molecular flexibility index (Phi) is 1.98. The highest BCUT2D eigenvalue weighted by molar-refractivity contribution is 5.92. The number of carboxylic acids is 1. The average molecular weight is 227 g/mol. The average Bonchev–Trinajstić information content (AvgIpc) is 2.89. The number of aromatic carboxylic acids is 1. The lowest BCUT2D eigenvalue weighted by atomic mass is 10.3. The van der Waals surface area contributed by atoms with Gasteiger partial charge in [0.25, 0.3) is 0 Å². The van der Waals surface area contributed by atoms with Crippen molar-refractivity contribution in [2.75, 3.05) is 0 Å². The summed E-state index contributed by atoms with van der Waals surface area (Å²) in [6.45, 7) is 0. The predicted molar refractivity (Wildman–Crippen MR) is 62.4 cm³/mol. The molecule has 0 saturated carbocycles. The van der Waals surface area contributed by atoms with E-state index in [1.54, 1.807) is 16.9 Å². The first-order valence-corrected chi connectivity index (χ1v) is 5.11. The normalized spacial score (nSPS) is 10.8. The van der Waals surface area contributed by atoms with Gasteiger partial charge in [-0.3, -0.25) is 0 Å². The molecule has 0 bridgehead atoms. The van der Waals surface area contributed by atoms with Gasteiger partial charge in [-0.05, 0) is 18.2 Å². The standard InChI is InChI=1S/C12H9N3O2/c16-12(17)9-6-11-10(14-9)7-13-15(11)8-4-2-1-3-5-8/h1-7,14H,(H,16,17). The van der Waals surface area contributed by atoms with E-state index in [1.807, 2.05) is 30.3 Å². The largest absolute Gasteiger partial charge is 0.477 e. The molecule has 0 unspecified atom stereocenters. The number of hydrogen-bond donors (Lipinski definition) is 2. The zero-order valence-corrected chi connectivity index (χ0v) is 8.79. The van der Waals surface area contributed by atoms with Crippen molar-refractivity contribution in [2.45, 2.75) is 0 Å². The van der Waals surface area contributed by atoms with E-state index < -0.39 is 5.97 Å². The molecule has 0 aliphatic carbocycles. The van der Waals surface area contributed by atoms with E-state index >= 15 is 0 Å². The number of aromatic nitrogens is 3. The molecule has 84 valence electrons. The third-order valence-electron chi connectivity index (χ3n) is 2.59. The molecule has 0 saturated heterocycles. The molecule has 0 aliphatic heterocycles. The van der Waals surface area contributed by atoms with Crippen LogP contribution in [0.25, 0.3) is 16.7 Å². The van der Waals surface area contributed by atoms with Gasteiger partial charge in [-0.25, -0.2) is 9.48 Å². The van der Waals surface area contributed by atoms with E-state index in [-0.39, 0.29) is 5.69 Å². The molecule has 0 atom stereocenters. The number of rotatable bonds is 2. The summed E-state index contributed by atoms with van der Waals surface area (Å²) in [5.41, 5.74) is 2.54.